The first-order chi connectivity index (χ1) is 9.74. The molecule has 1 fully saturated rings. The monoisotopic (exact) mass is 275 g/mol. The largest absolute Gasteiger partial charge is 0.497 e. The van der Waals surface area contributed by atoms with Gasteiger partial charge in [-0.2, -0.15) is 0 Å². The van der Waals surface area contributed by atoms with Gasteiger partial charge < -0.3 is 19.6 Å². The number of aliphatic hydroxyl groups is 1. The minimum absolute atomic E-state index is 0.114. The van der Waals surface area contributed by atoms with E-state index in [-0.39, 0.29) is 12.1 Å². The molecule has 0 amide bonds. The van der Waals surface area contributed by atoms with E-state index in [1.54, 1.807) is 7.11 Å². The van der Waals surface area contributed by atoms with Gasteiger partial charge in [0, 0.05) is 10.9 Å². The van der Waals surface area contributed by atoms with Gasteiger partial charge in [0.2, 0.25) is 0 Å². The second kappa shape index (κ2) is 5.46. The Balaban J connectivity index is 1.74. The second-order valence-electron chi connectivity index (χ2n) is 5.62. The Labute approximate surface area is 118 Å². The van der Waals surface area contributed by atoms with Crippen LogP contribution in [0.2, 0.25) is 0 Å². The van der Waals surface area contributed by atoms with E-state index in [0.717, 1.165) is 35.3 Å². The molecule has 0 spiro atoms. The van der Waals surface area contributed by atoms with Crippen LogP contribution >= 0.6 is 0 Å². The summed E-state index contributed by atoms with van der Waals surface area (Å²) in [6, 6.07) is 7.83. The molecule has 0 radical (unpaired) electrons. The number of methoxy groups -OCH3 is 1. The fourth-order valence-electron chi connectivity index (χ4n) is 3.01. The van der Waals surface area contributed by atoms with Gasteiger partial charge in [0.05, 0.1) is 20.3 Å². The summed E-state index contributed by atoms with van der Waals surface area (Å²) >= 11 is 0. The summed E-state index contributed by atoms with van der Waals surface area (Å²) in [7, 11) is 1.66. The standard InChI is InChI=1S/C16H21NO3/c1-19-13-4-5-15-12(8-13)9-14(20-15)10-17-16(11-18)6-2-3-7-16/h4-5,8-9,17-18H,2-3,6-7,10-11H2,1H3. The quantitative estimate of drug-likeness (QED) is 0.881. The number of rotatable bonds is 5. The average Bonchev–Trinajstić information content (AvgIpc) is 3.11. The highest BCUT2D eigenvalue weighted by Crippen LogP contribution is 2.30. The first-order valence-electron chi connectivity index (χ1n) is 7.17. The van der Waals surface area contributed by atoms with Crippen molar-refractivity contribution in [2.24, 2.45) is 0 Å². The molecule has 0 saturated heterocycles. The Hall–Kier alpha value is -1.52. The average molecular weight is 275 g/mol. The molecule has 20 heavy (non-hydrogen) atoms. The normalized spacial score (nSPS) is 17.7. The molecule has 1 heterocycles. The smallest absolute Gasteiger partial charge is 0.134 e. The third kappa shape index (κ3) is 2.53. The van der Waals surface area contributed by atoms with Crippen LogP contribution in [-0.2, 0) is 6.54 Å². The van der Waals surface area contributed by atoms with Crippen LogP contribution in [-0.4, -0.2) is 24.4 Å². The Morgan fingerprint density at radius 1 is 1.30 bits per heavy atom. The van der Waals surface area contributed by atoms with Crippen molar-refractivity contribution in [1.29, 1.82) is 0 Å². The summed E-state index contributed by atoms with van der Waals surface area (Å²) in [5.74, 6) is 1.73. The molecular formula is C16H21NO3. The maximum absolute atomic E-state index is 9.59. The van der Waals surface area contributed by atoms with Crippen LogP contribution in [0, 0.1) is 0 Å². The van der Waals surface area contributed by atoms with E-state index in [0.29, 0.717) is 6.54 Å². The number of aliphatic hydroxyl groups excluding tert-OH is 1. The predicted molar refractivity (Wildman–Crippen MR) is 77.9 cm³/mol. The number of hydrogen-bond acceptors (Lipinski definition) is 4. The molecular weight excluding hydrogens is 254 g/mol. The number of ether oxygens (including phenoxy) is 1. The van der Waals surface area contributed by atoms with Gasteiger partial charge in [0.15, 0.2) is 0 Å². The lowest BCUT2D eigenvalue weighted by Gasteiger charge is -2.27. The zero-order chi connectivity index (χ0) is 14.0. The van der Waals surface area contributed by atoms with Gasteiger partial charge >= 0.3 is 0 Å². The molecule has 4 nitrogen and oxygen atoms in total. The van der Waals surface area contributed by atoms with E-state index >= 15 is 0 Å². The van der Waals surface area contributed by atoms with Crippen molar-refractivity contribution >= 4 is 11.0 Å². The van der Waals surface area contributed by atoms with Crippen molar-refractivity contribution < 1.29 is 14.3 Å². The fourth-order valence-corrected chi connectivity index (χ4v) is 3.01. The summed E-state index contributed by atoms with van der Waals surface area (Å²) in [6.07, 6.45) is 4.45. The molecule has 4 heteroatoms. The fraction of sp³-hybridized carbons (Fsp3) is 0.500. The number of hydrogen-bond donors (Lipinski definition) is 2. The lowest BCUT2D eigenvalue weighted by Crippen LogP contribution is -2.45. The van der Waals surface area contributed by atoms with Gasteiger partial charge in [0.1, 0.15) is 17.1 Å². The highest BCUT2D eigenvalue weighted by Gasteiger charge is 2.32. The summed E-state index contributed by atoms with van der Waals surface area (Å²) in [6.45, 7) is 0.846. The highest BCUT2D eigenvalue weighted by molar-refractivity contribution is 5.79. The van der Waals surface area contributed by atoms with Crippen LogP contribution in [0.5, 0.6) is 5.75 Å². The minimum atomic E-state index is -0.114. The Morgan fingerprint density at radius 2 is 2.10 bits per heavy atom. The maximum atomic E-state index is 9.59. The summed E-state index contributed by atoms with van der Waals surface area (Å²) in [4.78, 5) is 0. The molecule has 1 aromatic heterocycles. The zero-order valence-electron chi connectivity index (χ0n) is 11.8. The van der Waals surface area contributed by atoms with Crippen molar-refractivity contribution in [2.45, 2.75) is 37.8 Å². The molecule has 0 bridgehead atoms. The third-order valence-corrected chi connectivity index (χ3v) is 4.28. The molecule has 0 atom stereocenters. The number of nitrogens with one attached hydrogen (secondary N) is 1. The molecule has 0 aliphatic heterocycles. The Bertz CT molecular complexity index is 584. The summed E-state index contributed by atoms with van der Waals surface area (Å²) < 4.78 is 11.0. The first kappa shape index (κ1) is 13.5. The summed E-state index contributed by atoms with van der Waals surface area (Å²) in [5, 5.41) is 14.1. The predicted octanol–water partition coefficient (Wildman–Crippen LogP) is 2.84. The SMILES string of the molecule is COc1ccc2oc(CNC3(CO)CCCC3)cc2c1. The van der Waals surface area contributed by atoms with Gasteiger partial charge in [-0.1, -0.05) is 12.8 Å². The van der Waals surface area contributed by atoms with E-state index in [2.05, 4.69) is 5.32 Å². The van der Waals surface area contributed by atoms with Crippen LogP contribution in [0.15, 0.2) is 28.7 Å². The van der Waals surface area contributed by atoms with Crippen molar-refractivity contribution in [3.63, 3.8) is 0 Å². The topological polar surface area (TPSA) is 54.6 Å². The van der Waals surface area contributed by atoms with Crippen molar-refractivity contribution in [1.82, 2.24) is 5.32 Å². The van der Waals surface area contributed by atoms with Gasteiger partial charge in [-0.15, -0.1) is 0 Å². The van der Waals surface area contributed by atoms with Crippen LogP contribution < -0.4 is 10.1 Å². The molecule has 1 saturated carbocycles. The van der Waals surface area contributed by atoms with Gasteiger partial charge in [0.25, 0.3) is 0 Å². The van der Waals surface area contributed by atoms with Crippen LogP contribution in [0.25, 0.3) is 11.0 Å². The molecule has 1 aromatic carbocycles. The number of fused-ring (bicyclic) bond motifs is 1. The van der Waals surface area contributed by atoms with Crippen molar-refractivity contribution in [2.75, 3.05) is 13.7 Å². The maximum Gasteiger partial charge on any atom is 0.134 e. The second-order valence-corrected chi connectivity index (χ2v) is 5.62. The van der Waals surface area contributed by atoms with E-state index in [4.69, 9.17) is 9.15 Å². The lowest BCUT2D eigenvalue weighted by atomic mass is 9.99. The van der Waals surface area contributed by atoms with Crippen LogP contribution in [0.4, 0.5) is 0 Å². The Morgan fingerprint density at radius 3 is 2.80 bits per heavy atom. The molecule has 0 unspecified atom stereocenters. The molecule has 1 aliphatic rings. The number of benzene rings is 1. The van der Waals surface area contributed by atoms with Crippen molar-refractivity contribution in [3.8, 4) is 5.75 Å². The van der Waals surface area contributed by atoms with Crippen molar-refractivity contribution in [3.05, 3.63) is 30.0 Å². The van der Waals surface area contributed by atoms with E-state index in [9.17, 15) is 5.11 Å². The van der Waals surface area contributed by atoms with E-state index in [1.165, 1.54) is 12.8 Å². The molecule has 2 N–H and O–H groups in total. The zero-order valence-corrected chi connectivity index (χ0v) is 11.8. The van der Waals surface area contributed by atoms with Crippen LogP contribution in [0.1, 0.15) is 31.4 Å². The van der Waals surface area contributed by atoms with E-state index < -0.39 is 0 Å². The third-order valence-electron chi connectivity index (χ3n) is 4.28. The highest BCUT2D eigenvalue weighted by atomic mass is 16.5. The summed E-state index contributed by atoms with van der Waals surface area (Å²) in [5.41, 5.74) is 0.753. The lowest BCUT2D eigenvalue weighted by molar-refractivity contribution is 0.160. The van der Waals surface area contributed by atoms with Gasteiger partial charge in [-0.3, -0.25) is 0 Å². The first-order valence-corrected chi connectivity index (χ1v) is 7.17. The number of furan rings is 1. The van der Waals surface area contributed by atoms with E-state index in [1.807, 2.05) is 24.3 Å². The Kier molecular flexibility index (Phi) is 3.68. The van der Waals surface area contributed by atoms with Gasteiger partial charge in [-0.05, 0) is 37.1 Å². The molecule has 1 aliphatic carbocycles. The molecule has 2 aromatic rings. The van der Waals surface area contributed by atoms with Crippen LogP contribution in [0.3, 0.4) is 0 Å². The molecule has 108 valence electrons. The minimum Gasteiger partial charge on any atom is -0.497 e. The molecule has 3 rings (SSSR count). The van der Waals surface area contributed by atoms with Gasteiger partial charge in [-0.25, -0.2) is 0 Å².